The molecule has 4 saturated carbocycles. The first-order valence-corrected chi connectivity index (χ1v) is 24.3. The summed E-state index contributed by atoms with van der Waals surface area (Å²) in [5, 5.41) is 115. The van der Waals surface area contributed by atoms with Crippen LogP contribution in [-0.2, 0) is 33.2 Å². The molecule has 11 N–H and O–H groups in total. The molecule has 18 heteroatoms. The van der Waals surface area contributed by atoms with Gasteiger partial charge in [-0.3, -0.25) is 4.79 Å². The van der Waals surface area contributed by atoms with E-state index < -0.39 is 135 Å². The molecule has 0 amide bonds. The van der Waals surface area contributed by atoms with Crippen molar-refractivity contribution in [3.63, 3.8) is 0 Å². The van der Waals surface area contributed by atoms with E-state index in [1.807, 2.05) is 0 Å². The van der Waals surface area contributed by atoms with Crippen LogP contribution in [0.5, 0.6) is 0 Å². The molecule has 3 heterocycles. The van der Waals surface area contributed by atoms with E-state index in [4.69, 9.17) is 28.4 Å². The van der Waals surface area contributed by atoms with Crippen LogP contribution >= 0.6 is 0 Å². The van der Waals surface area contributed by atoms with E-state index >= 15 is 0 Å². The molecular weight excluding hydrogens is 865 g/mol. The Hall–Kier alpha value is -1.43. The highest BCUT2D eigenvalue weighted by atomic mass is 16.7. The summed E-state index contributed by atoms with van der Waals surface area (Å²) in [5.74, 6) is -0.157. The standard InChI is InChI=1S/C48H78O18/c1-43(2)14-16-48(42(60)66-41-36(58)33(55)31(53)25(20-50)62-41)17-15-46(6)22(23(48)18-43)8-9-28-45(5)12-11-29(44(3,4)27(45)10-13-47(28,46)7)64-39-37(59)34(56)38(26(21-51)63-39)65-40-35(57)32(54)30(52)24(19-49)61-40/h8,23-41,49-59H,9-21H2,1-7H3/t23-,24+,25-,26+,27-,28+,29-,30-,31-,32+,33+,34+,35-,36-,37-,38+,39-,40-,41+,45+,46-,47-,48+/m0/s1. The van der Waals surface area contributed by atoms with Gasteiger partial charge in [-0.25, -0.2) is 0 Å². The van der Waals surface area contributed by atoms with Gasteiger partial charge >= 0.3 is 5.97 Å². The summed E-state index contributed by atoms with van der Waals surface area (Å²) in [6.07, 6.45) is -13.5. The van der Waals surface area contributed by atoms with Gasteiger partial charge in [-0.15, -0.1) is 0 Å². The number of rotatable bonds is 9. The zero-order valence-corrected chi connectivity index (χ0v) is 39.5. The Bertz CT molecular complexity index is 1790. The highest BCUT2D eigenvalue weighted by Gasteiger charge is 2.70. The molecule has 3 saturated heterocycles. The van der Waals surface area contributed by atoms with Crippen LogP contribution in [0.3, 0.4) is 0 Å². The molecule has 5 aliphatic carbocycles. The zero-order chi connectivity index (χ0) is 48.3. The Labute approximate surface area is 387 Å². The van der Waals surface area contributed by atoms with E-state index in [0.29, 0.717) is 19.3 Å². The molecule has 23 atom stereocenters. The molecule has 0 aromatic rings. The van der Waals surface area contributed by atoms with Crippen LogP contribution in [0.4, 0.5) is 0 Å². The highest BCUT2D eigenvalue weighted by Crippen LogP contribution is 2.76. The first kappa shape index (κ1) is 50.9. The largest absolute Gasteiger partial charge is 0.432 e. The molecule has 0 aromatic carbocycles. The van der Waals surface area contributed by atoms with E-state index in [-0.39, 0.29) is 39.4 Å². The fourth-order valence-corrected chi connectivity index (χ4v) is 15.0. The summed E-state index contributed by atoms with van der Waals surface area (Å²) in [4.78, 5) is 14.7. The molecule has 0 spiro atoms. The van der Waals surface area contributed by atoms with E-state index in [0.717, 1.165) is 44.9 Å². The number of carbonyl (C=O) groups excluding carboxylic acids is 1. The molecule has 18 nitrogen and oxygen atoms in total. The molecule has 3 aliphatic heterocycles. The third kappa shape index (κ3) is 7.87. The minimum atomic E-state index is -1.77. The molecule has 7 fully saturated rings. The van der Waals surface area contributed by atoms with Crippen molar-refractivity contribution in [2.24, 2.45) is 50.2 Å². The number of ether oxygens (including phenoxy) is 6. The fourth-order valence-electron chi connectivity index (χ4n) is 15.0. The van der Waals surface area contributed by atoms with Gasteiger partial charge in [0.05, 0.1) is 31.3 Å². The first-order chi connectivity index (χ1) is 30.9. The van der Waals surface area contributed by atoms with Crippen molar-refractivity contribution in [3.05, 3.63) is 11.6 Å². The van der Waals surface area contributed by atoms with Crippen molar-refractivity contribution >= 4 is 5.97 Å². The fraction of sp³-hybridized carbons (Fsp3) is 0.938. The number of esters is 1. The van der Waals surface area contributed by atoms with Crippen LogP contribution in [0.15, 0.2) is 11.6 Å². The maximum absolute atomic E-state index is 14.7. The van der Waals surface area contributed by atoms with Crippen LogP contribution in [0.25, 0.3) is 0 Å². The molecule has 0 radical (unpaired) electrons. The maximum Gasteiger partial charge on any atom is 0.315 e. The monoisotopic (exact) mass is 943 g/mol. The van der Waals surface area contributed by atoms with Gasteiger partial charge in [0, 0.05) is 0 Å². The predicted molar refractivity (Wildman–Crippen MR) is 230 cm³/mol. The molecule has 0 unspecified atom stereocenters. The van der Waals surface area contributed by atoms with Crippen molar-refractivity contribution in [3.8, 4) is 0 Å². The van der Waals surface area contributed by atoms with Crippen molar-refractivity contribution in [1.82, 2.24) is 0 Å². The van der Waals surface area contributed by atoms with Crippen LogP contribution in [0, 0.1) is 50.2 Å². The van der Waals surface area contributed by atoms with Gasteiger partial charge in [0.1, 0.15) is 73.2 Å². The second-order valence-corrected chi connectivity index (χ2v) is 23.5. The van der Waals surface area contributed by atoms with E-state index in [1.54, 1.807) is 0 Å². The second kappa shape index (κ2) is 18.0. The lowest BCUT2D eigenvalue weighted by atomic mass is 9.33. The van der Waals surface area contributed by atoms with E-state index in [1.165, 1.54) is 5.57 Å². The van der Waals surface area contributed by atoms with Crippen molar-refractivity contribution in [2.45, 2.75) is 211 Å². The predicted octanol–water partition coefficient (Wildman–Crippen LogP) is 0.141. The minimum Gasteiger partial charge on any atom is -0.432 e. The van der Waals surface area contributed by atoms with Crippen molar-refractivity contribution in [2.75, 3.05) is 19.8 Å². The third-order valence-corrected chi connectivity index (χ3v) is 19.3. The Balaban J connectivity index is 0.998. The molecule has 0 bridgehead atoms. The lowest BCUT2D eigenvalue weighted by Gasteiger charge is -2.71. The average Bonchev–Trinajstić information content (AvgIpc) is 3.27. The highest BCUT2D eigenvalue weighted by molar-refractivity contribution is 5.79. The van der Waals surface area contributed by atoms with Gasteiger partial charge in [-0.2, -0.15) is 0 Å². The van der Waals surface area contributed by atoms with Gasteiger partial charge in [0.2, 0.25) is 6.29 Å². The maximum atomic E-state index is 14.7. The van der Waals surface area contributed by atoms with Crippen LogP contribution < -0.4 is 0 Å². The normalized spacial score (nSPS) is 53.3. The van der Waals surface area contributed by atoms with Gasteiger partial charge < -0.3 is 84.6 Å². The van der Waals surface area contributed by atoms with E-state index in [2.05, 4.69) is 54.5 Å². The summed E-state index contributed by atoms with van der Waals surface area (Å²) in [6.45, 7) is 14.1. The molecular formula is C48H78O18. The lowest BCUT2D eigenvalue weighted by Crippen LogP contribution is -2.67. The third-order valence-electron chi connectivity index (χ3n) is 19.3. The second-order valence-electron chi connectivity index (χ2n) is 23.5. The van der Waals surface area contributed by atoms with Gasteiger partial charge in [-0.05, 0) is 109 Å². The summed E-state index contributed by atoms with van der Waals surface area (Å²) in [5.41, 5.74) is -0.613. The summed E-state index contributed by atoms with van der Waals surface area (Å²) in [7, 11) is 0. The van der Waals surface area contributed by atoms with Crippen LogP contribution in [0.1, 0.15) is 113 Å². The summed E-state index contributed by atoms with van der Waals surface area (Å²) >= 11 is 0. The number of carbonyl (C=O) groups is 1. The van der Waals surface area contributed by atoms with E-state index in [9.17, 15) is 61.0 Å². The first-order valence-electron chi connectivity index (χ1n) is 24.3. The number of aliphatic hydroxyl groups excluding tert-OH is 11. The molecule has 66 heavy (non-hydrogen) atoms. The molecule has 378 valence electrons. The van der Waals surface area contributed by atoms with Gasteiger partial charge in [0.15, 0.2) is 12.6 Å². The number of allylic oxidation sites excluding steroid dienone is 2. The van der Waals surface area contributed by atoms with Crippen LogP contribution in [-0.4, -0.2) is 180 Å². The number of hydrogen-bond donors (Lipinski definition) is 11. The molecule has 8 aliphatic rings. The Morgan fingerprint density at radius 1 is 0.606 bits per heavy atom. The SMILES string of the molecule is CC1(C)CC[C@@]2(C(=O)O[C@H]3O[C@@H](CO)[C@H](O)[C@@H](O)[C@@H]3O)CC[C@@]3(C)C(=CC[C@@H]4[C@]5(C)CC[C@H](O[C@@H]6O[C@H](CO)[C@@H](O[C@@H]7O[C@H](CO)[C@H](O)[C@@H](O)[C@@H]7O)[C@H](O)[C@@H]6O)C(C)(C)[C@@H]5CC[C@@]43C)[C@@H]2C1. The Morgan fingerprint density at radius 3 is 1.77 bits per heavy atom. The van der Waals surface area contributed by atoms with Crippen molar-refractivity contribution in [1.29, 1.82) is 0 Å². The summed E-state index contributed by atoms with van der Waals surface area (Å²) in [6, 6.07) is 0. The molecule has 8 rings (SSSR count). The number of fused-ring (bicyclic) bond motifs is 7. The minimum absolute atomic E-state index is 0.0540. The smallest absolute Gasteiger partial charge is 0.315 e. The Morgan fingerprint density at radius 2 is 1.15 bits per heavy atom. The number of hydrogen-bond acceptors (Lipinski definition) is 18. The van der Waals surface area contributed by atoms with Crippen molar-refractivity contribution < 1.29 is 89.4 Å². The average molecular weight is 943 g/mol. The summed E-state index contributed by atoms with van der Waals surface area (Å²) < 4.78 is 35.6. The van der Waals surface area contributed by atoms with Crippen LogP contribution in [0.2, 0.25) is 0 Å². The Kier molecular flexibility index (Phi) is 13.9. The molecule has 0 aromatic heterocycles. The lowest BCUT2D eigenvalue weighted by molar-refractivity contribution is -0.368. The van der Waals surface area contributed by atoms with Gasteiger partial charge in [0.25, 0.3) is 0 Å². The quantitative estimate of drug-likeness (QED) is 0.0833. The number of aliphatic hydroxyl groups is 11. The topological polar surface area (TPSA) is 295 Å². The van der Waals surface area contributed by atoms with Gasteiger partial charge in [-0.1, -0.05) is 60.1 Å². The zero-order valence-electron chi connectivity index (χ0n) is 39.5.